The van der Waals surface area contributed by atoms with Crippen molar-refractivity contribution in [1.82, 2.24) is 4.90 Å². The van der Waals surface area contributed by atoms with E-state index >= 15 is 0 Å². The molecule has 1 aromatic carbocycles. The van der Waals surface area contributed by atoms with Crippen molar-refractivity contribution >= 4 is 11.9 Å². The van der Waals surface area contributed by atoms with Gasteiger partial charge in [0.1, 0.15) is 5.75 Å². The Hall–Kier alpha value is -2.08. The predicted octanol–water partition coefficient (Wildman–Crippen LogP) is 3.77. The maximum absolute atomic E-state index is 9.10. The molecule has 2 rings (SSSR count). The summed E-state index contributed by atoms with van der Waals surface area (Å²) < 4.78 is 5.91. The fraction of sp³-hybridized carbons (Fsp3) is 0.619. The maximum atomic E-state index is 9.10. The molecule has 1 aliphatic heterocycles. The fourth-order valence-electron chi connectivity index (χ4n) is 3.15. The number of carboxylic acids is 2. The molecule has 27 heavy (non-hydrogen) atoms. The molecular weight excluding hydrogens is 346 g/mol. The number of ether oxygens (including phenoxy) is 1. The molecule has 0 aromatic heterocycles. The van der Waals surface area contributed by atoms with E-state index in [1.54, 1.807) is 0 Å². The largest absolute Gasteiger partial charge is 0.494 e. The minimum absolute atomic E-state index is 0.584. The van der Waals surface area contributed by atoms with E-state index in [2.05, 4.69) is 50.8 Å². The van der Waals surface area contributed by atoms with Crippen LogP contribution < -0.4 is 4.74 Å². The number of aryl methyl sites for hydroxylation is 1. The molecule has 1 aliphatic rings. The quantitative estimate of drug-likeness (QED) is 0.578. The smallest absolute Gasteiger partial charge is 0.414 e. The molecular formula is C21H33NO5. The van der Waals surface area contributed by atoms with Crippen LogP contribution in [0.2, 0.25) is 0 Å². The van der Waals surface area contributed by atoms with E-state index in [9.17, 15) is 0 Å². The van der Waals surface area contributed by atoms with Gasteiger partial charge >= 0.3 is 11.9 Å². The van der Waals surface area contributed by atoms with Gasteiger partial charge in [-0.15, -0.1) is 0 Å². The van der Waals surface area contributed by atoms with Crippen LogP contribution in [0, 0.1) is 12.8 Å². The third kappa shape index (κ3) is 8.91. The Balaban J connectivity index is 0.000000527. The zero-order chi connectivity index (χ0) is 20.4. The van der Waals surface area contributed by atoms with Crippen molar-refractivity contribution in [2.75, 3.05) is 26.2 Å². The average molecular weight is 379 g/mol. The molecule has 0 aliphatic carbocycles. The molecule has 1 fully saturated rings. The number of hydrogen-bond acceptors (Lipinski definition) is 4. The molecule has 0 saturated carbocycles. The summed E-state index contributed by atoms with van der Waals surface area (Å²) in [4.78, 5) is 20.8. The van der Waals surface area contributed by atoms with Gasteiger partial charge in [0.25, 0.3) is 0 Å². The highest BCUT2D eigenvalue weighted by Crippen LogP contribution is 2.23. The Morgan fingerprint density at radius 2 is 1.78 bits per heavy atom. The van der Waals surface area contributed by atoms with Crippen LogP contribution in [0.4, 0.5) is 0 Å². The number of hydrogen-bond donors (Lipinski definition) is 2. The number of piperidine rings is 1. The molecule has 0 bridgehead atoms. The van der Waals surface area contributed by atoms with E-state index in [1.165, 1.54) is 43.6 Å². The fourth-order valence-corrected chi connectivity index (χ4v) is 3.15. The van der Waals surface area contributed by atoms with E-state index < -0.39 is 11.9 Å². The normalized spacial score (nSPS) is 15.1. The van der Waals surface area contributed by atoms with Crippen LogP contribution in [-0.4, -0.2) is 53.3 Å². The third-order valence-electron chi connectivity index (χ3n) is 4.81. The first-order valence-corrected chi connectivity index (χ1v) is 9.62. The van der Waals surface area contributed by atoms with Crippen LogP contribution in [0.25, 0.3) is 0 Å². The minimum Gasteiger partial charge on any atom is -0.494 e. The second-order valence-corrected chi connectivity index (χ2v) is 7.51. The lowest BCUT2D eigenvalue weighted by Gasteiger charge is -2.30. The number of likely N-dealkylation sites (tertiary alicyclic amines) is 1. The molecule has 0 spiro atoms. The number of carboxylic acid groups (broad SMARTS) is 2. The van der Waals surface area contributed by atoms with E-state index in [-0.39, 0.29) is 0 Å². The van der Waals surface area contributed by atoms with Crippen LogP contribution in [-0.2, 0) is 9.59 Å². The number of aliphatic carboxylic acids is 2. The highest BCUT2D eigenvalue weighted by atomic mass is 16.5. The summed E-state index contributed by atoms with van der Waals surface area (Å²) in [6.45, 7) is 13.6. The topological polar surface area (TPSA) is 87.1 Å². The van der Waals surface area contributed by atoms with Crippen LogP contribution in [0.1, 0.15) is 57.1 Å². The number of nitrogens with zero attached hydrogens (tertiary/aromatic N) is 1. The molecule has 0 unspecified atom stereocenters. The van der Waals surface area contributed by atoms with Gasteiger partial charge in [0.15, 0.2) is 0 Å². The summed E-state index contributed by atoms with van der Waals surface area (Å²) >= 11 is 0. The van der Waals surface area contributed by atoms with Crippen LogP contribution >= 0.6 is 0 Å². The first-order chi connectivity index (χ1) is 12.7. The lowest BCUT2D eigenvalue weighted by molar-refractivity contribution is -0.159. The molecule has 1 heterocycles. The summed E-state index contributed by atoms with van der Waals surface area (Å²) in [5.41, 5.74) is 2.76. The zero-order valence-corrected chi connectivity index (χ0v) is 16.9. The summed E-state index contributed by atoms with van der Waals surface area (Å²) in [6, 6.07) is 6.50. The monoisotopic (exact) mass is 379 g/mol. The van der Waals surface area contributed by atoms with Crippen molar-refractivity contribution in [3.63, 3.8) is 0 Å². The van der Waals surface area contributed by atoms with Crippen LogP contribution in [0.5, 0.6) is 5.75 Å². The lowest BCUT2D eigenvalue weighted by Crippen LogP contribution is -2.34. The molecule has 1 saturated heterocycles. The first-order valence-electron chi connectivity index (χ1n) is 9.62. The molecule has 2 N–H and O–H groups in total. The van der Waals surface area contributed by atoms with Crippen molar-refractivity contribution in [1.29, 1.82) is 0 Å². The van der Waals surface area contributed by atoms with Gasteiger partial charge in [0.2, 0.25) is 0 Å². The van der Waals surface area contributed by atoms with Crippen LogP contribution in [0.3, 0.4) is 0 Å². The Labute approximate surface area is 162 Å². The van der Waals surface area contributed by atoms with E-state index in [1.807, 2.05) is 0 Å². The first kappa shape index (κ1) is 23.0. The van der Waals surface area contributed by atoms with Gasteiger partial charge in [-0.25, -0.2) is 9.59 Å². The van der Waals surface area contributed by atoms with Crippen molar-refractivity contribution in [3.05, 3.63) is 29.3 Å². The van der Waals surface area contributed by atoms with E-state index in [4.69, 9.17) is 24.5 Å². The Kier molecular flexibility index (Phi) is 9.86. The van der Waals surface area contributed by atoms with Gasteiger partial charge in [0, 0.05) is 6.54 Å². The van der Waals surface area contributed by atoms with Gasteiger partial charge in [-0.1, -0.05) is 26.8 Å². The summed E-state index contributed by atoms with van der Waals surface area (Å²) in [7, 11) is 0. The third-order valence-corrected chi connectivity index (χ3v) is 4.81. The van der Waals surface area contributed by atoms with Gasteiger partial charge in [0.05, 0.1) is 6.61 Å². The second kappa shape index (κ2) is 11.6. The zero-order valence-electron chi connectivity index (χ0n) is 16.9. The van der Waals surface area contributed by atoms with Crippen molar-refractivity contribution in [3.8, 4) is 5.75 Å². The summed E-state index contributed by atoms with van der Waals surface area (Å²) in [5, 5.41) is 14.8. The van der Waals surface area contributed by atoms with Crippen LogP contribution in [0.15, 0.2) is 18.2 Å². The van der Waals surface area contributed by atoms with Gasteiger partial charge in [-0.3, -0.25) is 0 Å². The number of rotatable bonds is 6. The predicted molar refractivity (Wildman–Crippen MR) is 105 cm³/mol. The number of benzene rings is 1. The molecule has 1 aromatic rings. The Morgan fingerprint density at radius 1 is 1.19 bits per heavy atom. The lowest BCUT2D eigenvalue weighted by atomic mass is 9.98. The van der Waals surface area contributed by atoms with Gasteiger partial charge in [-0.2, -0.15) is 0 Å². The molecule has 0 amide bonds. The standard InChI is InChI=1S/C19H31NO.C2H2O4/c1-15(2)19-7-6-18(14-17(19)4)21-13-5-10-20-11-8-16(3)9-12-20;3-1(4)2(5)6/h6-7,14-16H,5,8-13H2,1-4H3;(H,3,4)(H,5,6). The average Bonchev–Trinajstić information content (AvgIpc) is 2.60. The van der Waals surface area contributed by atoms with Gasteiger partial charge < -0.3 is 19.8 Å². The SMILES string of the molecule is Cc1cc(OCCCN2CCC(C)CC2)ccc1C(C)C.O=C(O)C(=O)O. The van der Waals surface area contributed by atoms with Crippen molar-refractivity contribution in [2.45, 2.75) is 52.9 Å². The van der Waals surface area contributed by atoms with E-state index in [0.29, 0.717) is 5.92 Å². The van der Waals surface area contributed by atoms with Gasteiger partial charge in [-0.05, 0) is 74.4 Å². The molecule has 152 valence electrons. The second-order valence-electron chi connectivity index (χ2n) is 7.51. The summed E-state index contributed by atoms with van der Waals surface area (Å²) in [5.74, 6) is -1.13. The van der Waals surface area contributed by atoms with Crippen molar-refractivity contribution in [2.24, 2.45) is 5.92 Å². The Morgan fingerprint density at radius 3 is 2.26 bits per heavy atom. The van der Waals surface area contributed by atoms with Crippen molar-refractivity contribution < 1.29 is 24.5 Å². The molecule has 6 nitrogen and oxygen atoms in total. The highest BCUT2D eigenvalue weighted by Gasteiger charge is 2.14. The molecule has 0 radical (unpaired) electrons. The molecule has 0 atom stereocenters. The molecule has 6 heteroatoms. The highest BCUT2D eigenvalue weighted by molar-refractivity contribution is 6.27. The minimum atomic E-state index is -1.82. The van der Waals surface area contributed by atoms with E-state index in [0.717, 1.165) is 24.7 Å². The number of carbonyl (C=O) groups is 2. The Bertz CT molecular complexity index is 595. The maximum Gasteiger partial charge on any atom is 0.414 e. The summed E-state index contributed by atoms with van der Waals surface area (Å²) in [6.07, 6.45) is 3.84.